The molecule has 0 unspecified atom stereocenters. The number of halogens is 5. The van der Waals surface area contributed by atoms with Gasteiger partial charge < -0.3 is 10.2 Å². The lowest BCUT2D eigenvalue weighted by Crippen LogP contribution is -2.28. The molecule has 1 aromatic rings. The average Bonchev–Trinajstić information content (AvgIpc) is 2.41. The van der Waals surface area contributed by atoms with Gasteiger partial charge in [0.05, 0.1) is 0 Å². The summed E-state index contributed by atoms with van der Waals surface area (Å²) in [6.45, 7) is 4.71. The highest BCUT2D eigenvalue weighted by Crippen LogP contribution is 2.26. The van der Waals surface area contributed by atoms with E-state index in [0.717, 1.165) is 0 Å². The number of nitrogens with one attached hydrogen (secondary N) is 1. The zero-order valence-corrected chi connectivity index (χ0v) is 11.5. The molecule has 0 atom stereocenters. The molecule has 0 amide bonds. The number of hydrogen-bond donors (Lipinski definition) is 1. The summed E-state index contributed by atoms with van der Waals surface area (Å²) in [4.78, 5) is 2.00. The van der Waals surface area contributed by atoms with Gasteiger partial charge in [0.1, 0.15) is 5.69 Å². The van der Waals surface area contributed by atoms with E-state index in [-0.39, 0.29) is 6.54 Å². The number of hydrogen-bond acceptors (Lipinski definition) is 2. The van der Waals surface area contributed by atoms with Gasteiger partial charge in [0.25, 0.3) is 0 Å². The van der Waals surface area contributed by atoms with E-state index >= 15 is 0 Å². The van der Waals surface area contributed by atoms with Crippen LogP contribution in [-0.4, -0.2) is 31.1 Å². The Balaban J connectivity index is 2.70. The fourth-order valence-electron chi connectivity index (χ4n) is 1.56. The van der Waals surface area contributed by atoms with Gasteiger partial charge in [-0.25, -0.2) is 22.0 Å². The van der Waals surface area contributed by atoms with Crippen LogP contribution in [0.1, 0.15) is 20.3 Å². The fourth-order valence-corrected chi connectivity index (χ4v) is 1.56. The lowest BCUT2D eigenvalue weighted by Gasteiger charge is -2.21. The first-order chi connectivity index (χ1) is 9.27. The Labute approximate surface area is 114 Å². The summed E-state index contributed by atoms with van der Waals surface area (Å²) in [6.07, 6.45) is 0.508. The fraction of sp³-hybridized carbons (Fsp3) is 0.538. The van der Waals surface area contributed by atoms with Gasteiger partial charge in [-0.1, -0.05) is 0 Å². The summed E-state index contributed by atoms with van der Waals surface area (Å²) in [5, 5.41) is 2.26. The Bertz CT molecular complexity index is 447. The van der Waals surface area contributed by atoms with Crippen LogP contribution in [0.3, 0.4) is 0 Å². The summed E-state index contributed by atoms with van der Waals surface area (Å²) >= 11 is 0. The van der Waals surface area contributed by atoms with Gasteiger partial charge in [-0.05, 0) is 33.9 Å². The van der Waals surface area contributed by atoms with Crippen LogP contribution in [0.15, 0.2) is 0 Å². The SMILES string of the molecule is CC(C)N(C)CCCNc1c(F)c(F)c(F)c(F)c1F. The molecular formula is C13H17F5N2. The van der Waals surface area contributed by atoms with Gasteiger partial charge in [0.2, 0.25) is 5.82 Å². The lowest BCUT2D eigenvalue weighted by atomic mass is 10.2. The molecule has 0 aliphatic rings. The van der Waals surface area contributed by atoms with Crippen LogP contribution in [-0.2, 0) is 0 Å². The molecule has 0 aliphatic carbocycles. The summed E-state index contributed by atoms with van der Waals surface area (Å²) in [6, 6.07) is 0.309. The lowest BCUT2D eigenvalue weighted by molar-refractivity contribution is 0.273. The van der Waals surface area contributed by atoms with Crippen molar-refractivity contribution in [2.75, 3.05) is 25.5 Å². The van der Waals surface area contributed by atoms with Gasteiger partial charge in [0, 0.05) is 12.6 Å². The monoisotopic (exact) mass is 296 g/mol. The van der Waals surface area contributed by atoms with E-state index in [9.17, 15) is 22.0 Å². The molecule has 2 nitrogen and oxygen atoms in total. The molecule has 114 valence electrons. The second-order valence-electron chi connectivity index (χ2n) is 4.80. The first kappa shape index (κ1) is 16.7. The van der Waals surface area contributed by atoms with E-state index in [0.29, 0.717) is 19.0 Å². The molecule has 0 bridgehead atoms. The number of rotatable bonds is 6. The Hall–Kier alpha value is -1.37. The molecule has 0 spiro atoms. The molecule has 7 heteroatoms. The molecule has 0 aromatic heterocycles. The van der Waals surface area contributed by atoms with Crippen LogP contribution in [0.5, 0.6) is 0 Å². The van der Waals surface area contributed by atoms with Crippen molar-refractivity contribution in [1.29, 1.82) is 0 Å². The Kier molecular flexibility index (Phi) is 5.74. The van der Waals surface area contributed by atoms with Crippen LogP contribution in [0.25, 0.3) is 0 Å². The molecule has 0 saturated heterocycles. The zero-order chi connectivity index (χ0) is 15.4. The van der Waals surface area contributed by atoms with E-state index in [4.69, 9.17) is 0 Å². The van der Waals surface area contributed by atoms with Gasteiger partial charge in [-0.2, -0.15) is 0 Å². The van der Waals surface area contributed by atoms with Crippen LogP contribution >= 0.6 is 0 Å². The zero-order valence-electron chi connectivity index (χ0n) is 11.5. The summed E-state index contributed by atoms with van der Waals surface area (Å²) in [5.74, 6) is -9.70. The van der Waals surface area contributed by atoms with E-state index in [1.54, 1.807) is 0 Å². The highest BCUT2D eigenvalue weighted by Gasteiger charge is 2.25. The molecule has 0 aliphatic heterocycles. The number of benzene rings is 1. The summed E-state index contributed by atoms with van der Waals surface area (Å²) in [7, 11) is 1.88. The molecule has 0 saturated carbocycles. The third-order valence-corrected chi connectivity index (χ3v) is 3.08. The van der Waals surface area contributed by atoms with Crippen molar-refractivity contribution in [1.82, 2.24) is 4.90 Å². The Morgan fingerprint density at radius 2 is 1.35 bits per heavy atom. The van der Waals surface area contributed by atoms with E-state index in [2.05, 4.69) is 5.32 Å². The van der Waals surface area contributed by atoms with Crippen molar-refractivity contribution in [3.05, 3.63) is 29.1 Å². The third kappa shape index (κ3) is 3.59. The van der Waals surface area contributed by atoms with Crippen LogP contribution in [0.2, 0.25) is 0 Å². The highest BCUT2D eigenvalue weighted by molar-refractivity contribution is 5.47. The Morgan fingerprint density at radius 1 is 0.900 bits per heavy atom. The van der Waals surface area contributed by atoms with Crippen LogP contribution in [0, 0.1) is 29.1 Å². The second kappa shape index (κ2) is 6.88. The van der Waals surface area contributed by atoms with Crippen LogP contribution < -0.4 is 5.32 Å². The van der Waals surface area contributed by atoms with Crippen molar-refractivity contribution in [2.45, 2.75) is 26.3 Å². The molecule has 1 N–H and O–H groups in total. The van der Waals surface area contributed by atoms with Gasteiger partial charge in [-0.15, -0.1) is 0 Å². The number of anilines is 1. The molecule has 0 fully saturated rings. The smallest absolute Gasteiger partial charge is 0.200 e. The third-order valence-electron chi connectivity index (χ3n) is 3.08. The predicted molar refractivity (Wildman–Crippen MR) is 67.1 cm³/mol. The first-order valence-corrected chi connectivity index (χ1v) is 6.22. The number of nitrogens with zero attached hydrogens (tertiary/aromatic N) is 1. The van der Waals surface area contributed by atoms with Gasteiger partial charge >= 0.3 is 0 Å². The summed E-state index contributed by atoms with van der Waals surface area (Å²) in [5.41, 5.74) is -0.978. The molecular weight excluding hydrogens is 279 g/mol. The topological polar surface area (TPSA) is 15.3 Å². The first-order valence-electron chi connectivity index (χ1n) is 6.22. The van der Waals surface area contributed by atoms with Gasteiger partial charge in [0.15, 0.2) is 23.3 Å². The van der Waals surface area contributed by atoms with Gasteiger partial charge in [-0.3, -0.25) is 0 Å². The maximum atomic E-state index is 13.3. The largest absolute Gasteiger partial charge is 0.380 e. The highest BCUT2D eigenvalue weighted by atomic mass is 19.2. The molecule has 1 aromatic carbocycles. The predicted octanol–water partition coefficient (Wildman–Crippen LogP) is 3.52. The quantitative estimate of drug-likeness (QED) is 0.374. The maximum Gasteiger partial charge on any atom is 0.200 e. The molecule has 0 radical (unpaired) electrons. The minimum absolute atomic E-state index is 0.107. The average molecular weight is 296 g/mol. The van der Waals surface area contributed by atoms with Crippen molar-refractivity contribution in [3.63, 3.8) is 0 Å². The molecule has 20 heavy (non-hydrogen) atoms. The van der Waals surface area contributed by atoms with Crippen molar-refractivity contribution < 1.29 is 22.0 Å². The van der Waals surface area contributed by atoms with Crippen molar-refractivity contribution in [3.8, 4) is 0 Å². The Morgan fingerprint density at radius 3 is 1.80 bits per heavy atom. The van der Waals surface area contributed by atoms with E-state index in [1.807, 2.05) is 25.8 Å². The minimum atomic E-state index is -2.15. The van der Waals surface area contributed by atoms with Crippen molar-refractivity contribution >= 4 is 5.69 Å². The maximum absolute atomic E-state index is 13.3. The second-order valence-corrected chi connectivity index (χ2v) is 4.80. The molecule has 1 rings (SSSR count). The summed E-state index contributed by atoms with van der Waals surface area (Å²) < 4.78 is 65.3. The normalized spacial score (nSPS) is 11.5. The minimum Gasteiger partial charge on any atom is -0.380 e. The van der Waals surface area contributed by atoms with Crippen molar-refractivity contribution in [2.24, 2.45) is 0 Å². The van der Waals surface area contributed by atoms with E-state index < -0.39 is 34.8 Å². The van der Waals surface area contributed by atoms with Crippen LogP contribution in [0.4, 0.5) is 27.6 Å². The standard InChI is InChI=1S/C13H17F5N2/c1-7(2)20(3)6-4-5-19-13-11(17)9(15)8(14)10(16)12(13)18/h7,19H,4-6H2,1-3H3. The van der Waals surface area contributed by atoms with E-state index in [1.165, 1.54) is 0 Å². The molecule has 0 heterocycles.